The summed E-state index contributed by atoms with van der Waals surface area (Å²) in [6.45, 7) is 9.82. The maximum absolute atomic E-state index is 5.72. The molecule has 1 atom stereocenters. The molecule has 17 heavy (non-hydrogen) atoms. The van der Waals surface area contributed by atoms with Crippen LogP contribution in [0, 0.1) is 11.3 Å². The Bertz CT molecular complexity index is 373. The monoisotopic (exact) mass is 254 g/mol. The van der Waals surface area contributed by atoms with Crippen LogP contribution in [0.1, 0.15) is 27.7 Å². The van der Waals surface area contributed by atoms with E-state index in [0.29, 0.717) is 16.9 Å². The molecular weight excluding hydrogens is 232 g/mol. The van der Waals surface area contributed by atoms with Gasteiger partial charge in [0, 0.05) is 12.6 Å². The van der Waals surface area contributed by atoms with Crippen LogP contribution in [0.4, 0.5) is 11.6 Å². The van der Waals surface area contributed by atoms with Crippen molar-refractivity contribution < 1.29 is 0 Å². The number of aromatic nitrogens is 2. The standard InChI is InChI=1S/C12H22N4S/c1-8(12(2,3)4)7-14-10-6-9(13)15-11(16-10)17-5/h6,8H,7H2,1-5H3,(H3,13,14,15,16). The van der Waals surface area contributed by atoms with E-state index in [1.807, 2.05) is 6.26 Å². The quantitative estimate of drug-likeness (QED) is 0.639. The van der Waals surface area contributed by atoms with Crippen LogP contribution in [0.25, 0.3) is 0 Å². The molecule has 0 amide bonds. The summed E-state index contributed by atoms with van der Waals surface area (Å²) in [4.78, 5) is 8.48. The molecule has 4 nitrogen and oxygen atoms in total. The first-order valence-electron chi connectivity index (χ1n) is 5.75. The van der Waals surface area contributed by atoms with Crippen LogP contribution in [-0.2, 0) is 0 Å². The predicted octanol–water partition coefficient (Wildman–Crippen LogP) is 2.87. The summed E-state index contributed by atoms with van der Waals surface area (Å²) >= 11 is 1.49. The Morgan fingerprint density at radius 1 is 1.41 bits per heavy atom. The fourth-order valence-electron chi connectivity index (χ4n) is 1.19. The van der Waals surface area contributed by atoms with Crippen LogP contribution >= 0.6 is 11.8 Å². The van der Waals surface area contributed by atoms with E-state index in [1.54, 1.807) is 6.07 Å². The minimum absolute atomic E-state index is 0.286. The highest BCUT2D eigenvalue weighted by molar-refractivity contribution is 7.98. The maximum Gasteiger partial charge on any atom is 0.191 e. The summed E-state index contributed by atoms with van der Waals surface area (Å²) in [5.74, 6) is 1.87. The van der Waals surface area contributed by atoms with Crippen molar-refractivity contribution in [3.05, 3.63) is 6.07 Å². The number of hydrogen-bond donors (Lipinski definition) is 2. The van der Waals surface area contributed by atoms with Crippen LogP contribution in [0.2, 0.25) is 0 Å². The van der Waals surface area contributed by atoms with E-state index in [2.05, 4.69) is 43.0 Å². The second-order valence-corrected chi connectivity index (χ2v) is 6.09. The highest BCUT2D eigenvalue weighted by Gasteiger charge is 2.19. The van der Waals surface area contributed by atoms with Crippen molar-refractivity contribution in [3.8, 4) is 0 Å². The topological polar surface area (TPSA) is 63.8 Å². The lowest BCUT2D eigenvalue weighted by molar-refractivity contribution is 0.274. The van der Waals surface area contributed by atoms with Gasteiger partial charge in [-0.15, -0.1) is 0 Å². The molecule has 1 unspecified atom stereocenters. The van der Waals surface area contributed by atoms with Crippen molar-refractivity contribution in [2.24, 2.45) is 11.3 Å². The summed E-state index contributed by atoms with van der Waals surface area (Å²) in [5, 5.41) is 4.03. The zero-order valence-electron chi connectivity index (χ0n) is 11.2. The van der Waals surface area contributed by atoms with Gasteiger partial charge in [-0.25, -0.2) is 9.97 Å². The number of thioether (sulfide) groups is 1. The molecule has 0 aromatic carbocycles. The fourth-order valence-corrected chi connectivity index (χ4v) is 1.58. The highest BCUT2D eigenvalue weighted by atomic mass is 32.2. The van der Waals surface area contributed by atoms with Gasteiger partial charge in [-0.3, -0.25) is 0 Å². The third kappa shape index (κ3) is 4.42. The minimum Gasteiger partial charge on any atom is -0.383 e. The Labute approximate surface area is 108 Å². The van der Waals surface area contributed by atoms with E-state index in [-0.39, 0.29) is 5.41 Å². The Morgan fingerprint density at radius 3 is 2.59 bits per heavy atom. The largest absolute Gasteiger partial charge is 0.383 e. The molecule has 0 aliphatic rings. The van der Waals surface area contributed by atoms with Crippen molar-refractivity contribution in [1.82, 2.24) is 9.97 Å². The number of anilines is 2. The van der Waals surface area contributed by atoms with Gasteiger partial charge in [-0.2, -0.15) is 0 Å². The summed E-state index contributed by atoms with van der Waals surface area (Å²) in [5.41, 5.74) is 6.01. The maximum atomic E-state index is 5.72. The van der Waals surface area contributed by atoms with Crippen molar-refractivity contribution >= 4 is 23.4 Å². The number of nitrogens with two attached hydrogens (primary N) is 1. The van der Waals surface area contributed by atoms with Gasteiger partial charge in [-0.1, -0.05) is 39.5 Å². The van der Waals surface area contributed by atoms with Gasteiger partial charge < -0.3 is 11.1 Å². The average molecular weight is 254 g/mol. The molecule has 0 aliphatic carbocycles. The van der Waals surface area contributed by atoms with Gasteiger partial charge in [0.15, 0.2) is 5.16 Å². The molecule has 1 aromatic rings. The summed E-state index contributed by atoms with van der Waals surface area (Å²) in [6.07, 6.45) is 1.94. The average Bonchev–Trinajstić information content (AvgIpc) is 2.23. The van der Waals surface area contributed by atoms with Crippen LogP contribution in [0.15, 0.2) is 11.2 Å². The molecule has 0 saturated carbocycles. The molecule has 0 fully saturated rings. The number of hydrogen-bond acceptors (Lipinski definition) is 5. The van der Waals surface area contributed by atoms with E-state index in [9.17, 15) is 0 Å². The number of nitrogens with zero attached hydrogens (tertiary/aromatic N) is 2. The number of nitrogens with one attached hydrogen (secondary N) is 1. The second kappa shape index (κ2) is 5.58. The predicted molar refractivity (Wildman–Crippen MR) is 75.3 cm³/mol. The van der Waals surface area contributed by atoms with Crippen molar-refractivity contribution in [2.75, 3.05) is 23.9 Å². The number of nitrogen functional groups attached to an aromatic ring is 1. The summed E-state index contributed by atoms with van der Waals surface area (Å²) in [6, 6.07) is 1.77. The van der Waals surface area contributed by atoms with Gasteiger partial charge in [0.05, 0.1) is 0 Å². The lowest BCUT2D eigenvalue weighted by Gasteiger charge is -2.27. The molecule has 0 bridgehead atoms. The Morgan fingerprint density at radius 2 is 2.06 bits per heavy atom. The van der Waals surface area contributed by atoms with Crippen molar-refractivity contribution in [2.45, 2.75) is 32.9 Å². The van der Waals surface area contributed by atoms with Crippen LogP contribution < -0.4 is 11.1 Å². The highest BCUT2D eigenvalue weighted by Crippen LogP contribution is 2.25. The van der Waals surface area contributed by atoms with E-state index < -0.39 is 0 Å². The first-order chi connectivity index (χ1) is 7.82. The molecule has 5 heteroatoms. The number of rotatable bonds is 4. The molecule has 0 aliphatic heterocycles. The van der Waals surface area contributed by atoms with Crippen molar-refractivity contribution in [1.29, 1.82) is 0 Å². The third-order valence-electron chi connectivity index (χ3n) is 2.98. The third-order valence-corrected chi connectivity index (χ3v) is 3.52. The SMILES string of the molecule is CSc1nc(N)cc(NCC(C)C(C)(C)C)n1. The molecule has 96 valence electrons. The Hall–Kier alpha value is -0.970. The smallest absolute Gasteiger partial charge is 0.191 e. The zero-order valence-corrected chi connectivity index (χ0v) is 12.1. The van der Waals surface area contributed by atoms with Gasteiger partial charge in [0.2, 0.25) is 0 Å². The van der Waals surface area contributed by atoms with Gasteiger partial charge >= 0.3 is 0 Å². The Kier molecular flexibility index (Phi) is 4.62. The van der Waals surface area contributed by atoms with E-state index >= 15 is 0 Å². The van der Waals surface area contributed by atoms with E-state index in [1.165, 1.54) is 11.8 Å². The van der Waals surface area contributed by atoms with E-state index in [0.717, 1.165) is 12.4 Å². The first kappa shape index (κ1) is 14.1. The van der Waals surface area contributed by atoms with Crippen LogP contribution in [-0.4, -0.2) is 22.8 Å². The molecule has 0 saturated heterocycles. The fraction of sp³-hybridized carbons (Fsp3) is 0.667. The molecule has 1 rings (SSSR count). The lowest BCUT2D eigenvalue weighted by Crippen LogP contribution is -2.25. The first-order valence-corrected chi connectivity index (χ1v) is 6.98. The molecule has 1 heterocycles. The molecule has 0 spiro atoms. The molecule has 0 radical (unpaired) electrons. The van der Waals surface area contributed by atoms with Gasteiger partial charge in [-0.05, 0) is 17.6 Å². The Balaban J connectivity index is 2.66. The lowest BCUT2D eigenvalue weighted by atomic mass is 9.82. The normalized spacial score (nSPS) is 13.5. The summed E-state index contributed by atoms with van der Waals surface area (Å²) in [7, 11) is 0. The van der Waals surface area contributed by atoms with E-state index in [4.69, 9.17) is 5.73 Å². The van der Waals surface area contributed by atoms with Gasteiger partial charge in [0.25, 0.3) is 0 Å². The molecular formula is C12H22N4S. The summed E-state index contributed by atoms with van der Waals surface area (Å²) < 4.78 is 0. The molecule has 1 aromatic heterocycles. The molecule has 3 N–H and O–H groups in total. The van der Waals surface area contributed by atoms with Crippen molar-refractivity contribution in [3.63, 3.8) is 0 Å². The van der Waals surface area contributed by atoms with Crippen LogP contribution in [0.5, 0.6) is 0 Å². The zero-order chi connectivity index (χ0) is 13.1. The van der Waals surface area contributed by atoms with Gasteiger partial charge in [0.1, 0.15) is 11.6 Å². The minimum atomic E-state index is 0.286. The second-order valence-electron chi connectivity index (χ2n) is 5.31. The van der Waals surface area contributed by atoms with Crippen LogP contribution in [0.3, 0.4) is 0 Å².